The molecular formula is C7H11N3. The minimum atomic E-state index is 0.449. The quantitative estimate of drug-likeness (QED) is 0.427. The van der Waals surface area contributed by atoms with Gasteiger partial charge < -0.3 is 11.1 Å². The van der Waals surface area contributed by atoms with Gasteiger partial charge in [0.2, 0.25) is 0 Å². The van der Waals surface area contributed by atoms with Gasteiger partial charge in [-0.05, 0) is 12.5 Å². The Kier molecular flexibility index (Phi) is 1.17. The predicted octanol–water partition coefficient (Wildman–Crippen LogP) is -0.365. The average Bonchev–Trinajstić information content (AvgIpc) is 2.36. The van der Waals surface area contributed by atoms with E-state index in [1.165, 1.54) is 5.70 Å². The van der Waals surface area contributed by atoms with Gasteiger partial charge in [-0.1, -0.05) is 6.08 Å². The largest absolute Gasteiger partial charge is 0.397 e. The van der Waals surface area contributed by atoms with E-state index in [0.29, 0.717) is 6.04 Å². The zero-order valence-corrected chi connectivity index (χ0v) is 5.72. The lowest BCUT2D eigenvalue weighted by Crippen LogP contribution is -2.25. The standard InChI is InChI=1S/C7H11N3/c8-5-2-1-3-6-7(5)10-4-9-6/h1-2,6,9-10H,3-4,8H2. The molecule has 2 aliphatic rings. The maximum absolute atomic E-state index is 5.71. The number of allylic oxidation sites excluding steroid dienone is 1. The van der Waals surface area contributed by atoms with Crippen LogP contribution >= 0.6 is 0 Å². The van der Waals surface area contributed by atoms with Crippen molar-refractivity contribution in [3.05, 3.63) is 23.5 Å². The van der Waals surface area contributed by atoms with Crippen LogP contribution in [0.3, 0.4) is 0 Å². The fraction of sp³-hybridized carbons (Fsp3) is 0.429. The van der Waals surface area contributed by atoms with Crippen LogP contribution in [0.15, 0.2) is 23.5 Å². The van der Waals surface area contributed by atoms with E-state index in [1.54, 1.807) is 0 Å². The zero-order chi connectivity index (χ0) is 6.97. The number of nitrogens with two attached hydrogens (primary N) is 1. The van der Waals surface area contributed by atoms with Crippen molar-refractivity contribution in [2.75, 3.05) is 6.67 Å². The molecule has 0 saturated carbocycles. The predicted molar refractivity (Wildman–Crippen MR) is 39.9 cm³/mol. The third-order valence-electron chi connectivity index (χ3n) is 1.96. The fourth-order valence-electron chi connectivity index (χ4n) is 1.42. The van der Waals surface area contributed by atoms with Crippen molar-refractivity contribution in [2.45, 2.75) is 12.5 Å². The zero-order valence-electron chi connectivity index (χ0n) is 5.72. The van der Waals surface area contributed by atoms with Gasteiger partial charge in [-0.3, -0.25) is 5.32 Å². The highest BCUT2D eigenvalue weighted by atomic mass is 15.2. The van der Waals surface area contributed by atoms with Crippen molar-refractivity contribution in [1.29, 1.82) is 0 Å². The second-order valence-corrected chi connectivity index (χ2v) is 2.62. The molecule has 3 nitrogen and oxygen atoms in total. The van der Waals surface area contributed by atoms with Crippen LogP contribution in [0, 0.1) is 0 Å². The molecule has 0 spiro atoms. The lowest BCUT2D eigenvalue weighted by molar-refractivity contribution is 0.663. The molecule has 0 amide bonds. The number of fused-ring (bicyclic) bond motifs is 1. The van der Waals surface area contributed by atoms with Crippen molar-refractivity contribution in [3.63, 3.8) is 0 Å². The van der Waals surface area contributed by atoms with Crippen molar-refractivity contribution < 1.29 is 0 Å². The maximum atomic E-state index is 5.71. The Hall–Kier alpha value is -0.960. The minimum Gasteiger partial charge on any atom is -0.397 e. The van der Waals surface area contributed by atoms with E-state index < -0.39 is 0 Å². The van der Waals surface area contributed by atoms with Crippen LogP contribution in [0.1, 0.15) is 6.42 Å². The molecular weight excluding hydrogens is 126 g/mol. The fourth-order valence-corrected chi connectivity index (χ4v) is 1.42. The summed E-state index contributed by atoms with van der Waals surface area (Å²) in [5, 5.41) is 6.49. The van der Waals surface area contributed by atoms with Gasteiger partial charge >= 0.3 is 0 Å². The topological polar surface area (TPSA) is 50.1 Å². The summed E-state index contributed by atoms with van der Waals surface area (Å²) in [6.07, 6.45) is 5.12. The molecule has 0 aromatic carbocycles. The van der Waals surface area contributed by atoms with Crippen molar-refractivity contribution >= 4 is 0 Å². The van der Waals surface area contributed by atoms with E-state index in [0.717, 1.165) is 18.8 Å². The van der Waals surface area contributed by atoms with Gasteiger partial charge in [-0.15, -0.1) is 0 Å². The first-order valence-corrected chi connectivity index (χ1v) is 3.51. The molecule has 1 unspecified atom stereocenters. The van der Waals surface area contributed by atoms with E-state index in [2.05, 4.69) is 16.7 Å². The second-order valence-electron chi connectivity index (χ2n) is 2.62. The van der Waals surface area contributed by atoms with Crippen LogP contribution in [0.2, 0.25) is 0 Å². The first-order chi connectivity index (χ1) is 4.88. The van der Waals surface area contributed by atoms with Gasteiger partial charge in [0, 0.05) is 0 Å². The first-order valence-electron chi connectivity index (χ1n) is 3.51. The summed E-state index contributed by atoms with van der Waals surface area (Å²) < 4.78 is 0. The third kappa shape index (κ3) is 0.708. The highest BCUT2D eigenvalue weighted by Gasteiger charge is 2.22. The Balaban J connectivity index is 2.32. The first kappa shape index (κ1) is 5.80. The lowest BCUT2D eigenvalue weighted by atomic mass is 10.0. The molecule has 1 aliphatic heterocycles. The van der Waals surface area contributed by atoms with Gasteiger partial charge in [0.1, 0.15) is 0 Å². The van der Waals surface area contributed by atoms with Crippen molar-refractivity contribution in [1.82, 2.24) is 10.6 Å². The Bertz CT molecular complexity index is 205. The molecule has 1 fully saturated rings. The number of nitrogens with one attached hydrogen (secondary N) is 2. The van der Waals surface area contributed by atoms with Crippen LogP contribution in [0.5, 0.6) is 0 Å². The van der Waals surface area contributed by atoms with Gasteiger partial charge in [-0.25, -0.2) is 0 Å². The summed E-state index contributed by atoms with van der Waals surface area (Å²) in [6.45, 7) is 0.850. The Morgan fingerprint density at radius 3 is 3.30 bits per heavy atom. The summed E-state index contributed by atoms with van der Waals surface area (Å²) in [6, 6.07) is 0.449. The van der Waals surface area contributed by atoms with Gasteiger partial charge in [0.05, 0.1) is 24.1 Å². The Morgan fingerprint density at radius 1 is 1.60 bits per heavy atom. The van der Waals surface area contributed by atoms with E-state index in [-0.39, 0.29) is 0 Å². The Morgan fingerprint density at radius 2 is 2.50 bits per heavy atom. The average molecular weight is 137 g/mol. The molecule has 1 aliphatic carbocycles. The van der Waals surface area contributed by atoms with Crippen LogP contribution in [0.4, 0.5) is 0 Å². The molecule has 1 heterocycles. The third-order valence-corrected chi connectivity index (χ3v) is 1.96. The second kappa shape index (κ2) is 2.02. The maximum Gasteiger partial charge on any atom is 0.0656 e. The molecule has 0 radical (unpaired) electrons. The van der Waals surface area contributed by atoms with E-state index >= 15 is 0 Å². The van der Waals surface area contributed by atoms with Crippen LogP contribution in [-0.4, -0.2) is 12.7 Å². The van der Waals surface area contributed by atoms with Crippen LogP contribution < -0.4 is 16.4 Å². The molecule has 3 heteroatoms. The molecule has 10 heavy (non-hydrogen) atoms. The summed E-state index contributed by atoms with van der Waals surface area (Å²) in [7, 11) is 0. The molecule has 0 aromatic heterocycles. The lowest BCUT2D eigenvalue weighted by Gasteiger charge is -2.14. The molecule has 1 saturated heterocycles. The summed E-state index contributed by atoms with van der Waals surface area (Å²) >= 11 is 0. The smallest absolute Gasteiger partial charge is 0.0656 e. The molecule has 0 aromatic rings. The monoisotopic (exact) mass is 137 g/mol. The van der Waals surface area contributed by atoms with Gasteiger partial charge in [-0.2, -0.15) is 0 Å². The number of rotatable bonds is 0. The summed E-state index contributed by atoms with van der Waals surface area (Å²) in [5.41, 5.74) is 7.76. The normalized spacial score (nSPS) is 30.2. The summed E-state index contributed by atoms with van der Waals surface area (Å²) in [5.74, 6) is 0. The van der Waals surface area contributed by atoms with Crippen LogP contribution in [-0.2, 0) is 0 Å². The van der Waals surface area contributed by atoms with Gasteiger partial charge in [0.15, 0.2) is 0 Å². The van der Waals surface area contributed by atoms with Crippen molar-refractivity contribution in [2.24, 2.45) is 5.73 Å². The number of hydrogen-bond acceptors (Lipinski definition) is 3. The van der Waals surface area contributed by atoms with E-state index in [9.17, 15) is 0 Å². The highest BCUT2D eigenvalue weighted by molar-refractivity contribution is 5.32. The summed E-state index contributed by atoms with van der Waals surface area (Å²) in [4.78, 5) is 0. The Labute approximate surface area is 60.0 Å². The van der Waals surface area contributed by atoms with Crippen LogP contribution in [0.25, 0.3) is 0 Å². The molecule has 54 valence electrons. The minimum absolute atomic E-state index is 0.449. The molecule has 0 bridgehead atoms. The number of hydrogen-bond donors (Lipinski definition) is 3. The van der Waals surface area contributed by atoms with Gasteiger partial charge in [0.25, 0.3) is 0 Å². The van der Waals surface area contributed by atoms with Crippen molar-refractivity contribution in [3.8, 4) is 0 Å². The molecule has 4 N–H and O–H groups in total. The van der Waals surface area contributed by atoms with E-state index in [4.69, 9.17) is 5.73 Å². The SMILES string of the molecule is NC1=C2NCNC2CC=C1. The molecule has 1 atom stereocenters. The highest BCUT2D eigenvalue weighted by Crippen LogP contribution is 2.16. The molecule has 2 rings (SSSR count). The van der Waals surface area contributed by atoms with E-state index in [1.807, 2.05) is 6.08 Å².